The first-order valence-electron chi connectivity index (χ1n) is 9.70. The summed E-state index contributed by atoms with van der Waals surface area (Å²) in [5.74, 6) is 2.82. The van der Waals surface area contributed by atoms with Crippen LogP contribution in [0.5, 0.6) is 0 Å². The van der Waals surface area contributed by atoms with Gasteiger partial charge in [-0.3, -0.25) is 4.90 Å². The van der Waals surface area contributed by atoms with Crippen molar-refractivity contribution in [3.63, 3.8) is 0 Å². The van der Waals surface area contributed by atoms with Crippen molar-refractivity contribution in [2.75, 3.05) is 19.6 Å². The van der Waals surface area contributed by atoms with E-state index in [1.807, 2.05) is 0 Å². The molecule has 2 heteroatoms. The van der Waals surface area contributed by atoms with Gasteiger partial charge in [0, 0.05) is 31.7 Å². The van der Waals surface area contributed by atoms with E-state index in [0.29, 0.717) is 0 Å². The van der Waals surface area contributed by atoms with Gasteiger partial charge in [-0.1, -0.05) is 39.5 Å². The molecule has 2 unspecified atom stereocenters. The van der Waals surface area contributed by atoms with Crippen LogP contribution >= 0.6 is 0 Å². The van der Waals surface area contributed by atoms with Crippen LogP contribution in [-0.2, 0) is 0 Å². The van der Waals surface area contributed by atoms with Crippen molar-refractivity contribution in [3.8, 4) is 0 Å². The summed E-state index contributed by atoms with van der Waals surface area (Å²) in [7, 11) is 0. The first kappa shape index (κ1) is 15.8. The zero-order chi connectivity index (χ0) is 14.7. The Hall–Kier alpha value is -0.0800. The van der Waals surface area contributed by atoms with Gasteiger partial charge in [0.1, 0.15) is 0 Å². The summed E-state index contributed by atoms with van der Waals surface area (Å²) in [6, 6.07) is 1.58. The van der Waals surface area contributed by atoms with Crippen molar-refractivity contribution >= 4 is 0 Å². The van der Waals surface area contributed by atoms with E-state index in [1.165, 1.54) is 77.4 Å². The zero-order valence-electron chi connectivity index (χ0n) is 14.3. The topological polar surface area (TPSA) is 15.3 Å². The van der Waals surface area contributed by atoms with Crippen LogP contribution in [0.15, 0.2) is 0 Å². The molecule has 3 rings (SSSR count). The van der Waals surface area contributed by atoms with Crippen LogP contribution in [0.2, 0.25) is 0 Å². The van der Waals surface area contributed by atoms with E-state index in [1.54, 1.807) is 0 Å². The van der Waals surface area contributed by atoms with Crippen molar-refractivity contribution < 1.29 is 0 Å². The summed E-state index contributed by atoms with van der Waals surface area (Å²) in [5.41, 5.74) is 0. The number of nitrogens with zero attached hydrogens (tertiary/aromatic N) is 1. The summed E-state index contributed by atoms with van der Waals surface area (Å²) >= 11 is 0. The molecule has 0 aromatic heterocycles. The van der Waals surface area contributed by atoms with Crippen molar-refractivity contribution in [3.05, 3.63) is 0 Å². The molecule has 3 fully saturated rings. The molecule has 0 aromatic rings. The van der Waals surface area contributed by atoms with Crippen LogP contribution in [0, 0.1) is 17.8 Å². The van der Waals surface area contributed by atoms with Crippen molar-refractivity contribution in [2.45, 2.75) is 83.7 Å². The van der Waals surface area contributed by atoms with Gasteiger partial charge in [-0.2, -0.15) is 0 Å². The summed E-state index contributed by atoms with van der Waals surface area (Å²) in [6.45, 7) is 8.71. The molecule has 21 heavy (non-hydrogen) atoms. The first-order chi connectivity index (χ1) is 10.2. The minimum absolute atomic E-state index is 0.741. The van der Waals surface area contributed by atoms with Crippen LogP contribution in [0.1, 0.15) is 71.6 Å². The smallest absolute Gasteiger partial charge is 0.0249 e. The third-order valence-electron chi connectivity index (χ3n) is 6.21. The third kappa shape index (κ3) is 4.22. The normalized spacial score (nSPS) is 33.3. The molecule has 2 saturated carbocycles. The molecule has 122 valence electrons. The van der Waals surface area contributed by atoms with E-state index in [4.69, 9.17) is 0 Å². The van der Waals surface area contributed by atoms with Crippen molar-refractivity contribution in [2.24, 2.45) is 17.8 Å². The zero-order valence-corrected chi connectivity index (χ0v) is 14.3. The second-order valence-corrected chi connectivity index (χ2v) is 8.45. The molecule has 1 heterocycles. The fourth-order valence-electron chi connectivity index (χ4n) is 4.83. The maximum absolute atomic E-state index is 3.90. The molecule has 2 nitrogen and oxygen atoms in total. The monoisotopic (exact) mass is 292 g/mol. The van der Waals surface area contributed by atoms with Gasteiger partial charge in [0.25, 0.3) is 0 Å². The van der Waals surface area contributed by atoms with Crippen LogP contribution < -0.4 is 5.32 Å². The standard InChI is InChI=1S/C19H36N2/c1-15(2)11-18-14-21(13-16-7-6-8-16)19(12-20-18)17-9-4-3-5-10-17/h15-20H,3-14H2,1-2H3. The first-order valence-corrected chi connectivity index (χ1v) is 9.70. The fraction of sp³-hybridized carbons (Fsp3) is 1.00. The lowest BCUT2D eigenvalue weighted by Gasteiger charge is -2.47. The van der Waals surface area contributed by atoms with Gasteiger partial charge in [0.2, 0.25) is 0 Å². The van der Waals surface area contributed by atoms with Gasteiger partial charge in [-0.25, -0.2) is 0 Å². The Morgan fingerprint density at radius 2 is 1.76 bits per heavy atom. The minimum atomic E-state index is 0.741. The number of piperazine rings is 1. The average molecular weight is 293 g/mol. The van der Waals surface area contributed by atoms with E-state index in [9.17, 15) is 0 Å². The quantitative estimate of drug-likeness (QED) is 0.822. The molecule has 3 aliphatic rings. The molecule has 1 N–H and O–H groups in total. The van der Waals surface area contributed by atoms with Crippen LogP contribution in [0.25, 0.3) is 0 Å². The Morgan fingerprint density at radius 1 is 1.00 bits per heavy atom. The second kappa shape index (κ2) is 7.46. The summed E-state index contributed by atoms with van der Waals surface area (Å²) in [4.78, 5) is 2.92. The van der Waals surface area contributed by atoms with Crippen molar-refractivity contribution in [1.82, 2.24) is 10.2 Å². The van der Waals surface area contributed by atoms with E-state index >= 15 is 0 Å². The molecule has 0 radical (unpaired) electrons. The SMILES string of the molecule is CC(C)CC1CN(CC2CCC2)C(C2CCCCC2)CN1. The molecule has 0 bridgehead atoms. The molecular formula is C19H36N2. The van der Waals surface area contributed by atoms with Crippen molar-refractivity contribution in [1.29, 1.82) is 0 Å². The number of nitrogens with one attached hydrogen (secondary N) is 1. The van der Waals surface area contributed by atoms with E-state index < -0.39 is 0 Å². The number of hydrogen-bond donors (Lipinski definition) is 1. The minimum Gasteiger partial charge on any atom is -0.311 e. The number of rotatable bonds is 5. The highest BCUT2D eigenvalue weighted by molar-refractivity contribution is 4.92. The Morgan fingerprint density at radius 3 is 2.38 bits per heavy atom. The molecule has 2 aliphatic carbocycles. The van der Waals surface area contributed by atoms with Crippen LogP contribution in [0.4, 0.5) is 0 Å². The molecule has 1 saturated heterocycles. The molecule has 1 aliphatic heterocycles. The maximum Gasteiger partial charge on any atom is 0.0249 e. The third-order valence-corrected chi connectivity index (χ3v) is 6.21. The van der Waals surface area contributed by atoms with E-state index in [2.05, 4.69) is 24.1 Å². The van der Waals surface area contributed by atoms with Gasteiger partial charge >= 0.3 is 0 Å². The predicted octanol–water partition coefficient (Wildman–Crippen LogP) is 4.06. The van der Waals surface area contributed by atoms with Gasteiger partial charge in [0.05, 0.1) is 0 Å². The van der Waals surface area contributed by atoms with Crippen LogP contribution in [0.3, 0.4) is 0 Å². The summed E-state index contributed by atoms with van der Waals surface area (Å²) in [5, 5.41) is 3.90. The highest BCUT2D eigenvalue weighted by Gasteiger charge is 2.35. The largest absolute Gasteiger partial charge is 0.311 e. The van der Waals surface area contributed by atoms with Crippen LogP contribution in [-0.4, -0.2) is 36.6 Å². The summed E-state index contributed by atoms with van der Waals surface area (Å²) < 4.78 is 0. The van der Waals surface area contributed by atoms with Gasteiger partial charge < -0.3 is 5.32 Å². The lowest BCUT2D eigenvalue weighted by atomic mass is 9.80. The fourth-order valence-corrected chi connectivity index (χ4v) is 4.83. The Bertz CT molecular complexity index is 305. The molecule has 0 amide bonds. The molecular weight excluding hydrogens is 256 g/mol. The Labute approximate surface area is 132 Å². The average Bonchev–Trinajstić information content (AvgIpc) is 2.43. The molecule has 0 aromatic carbocycles. The lowest BCUT2D eigenvalue weighted by molar-refractivity contribution is 0.0419. The highest BCUT2D eigenvalue weighted by Crippen LogP contribution is 2.34. The van der Waals surface area contributed by atoms with E-state index in [0.717, 1.165) is 29.8 Å². The molecule has 0 spiro atoms. The van der Waals surface area contributed by atoms with Gasteiger partial charge in [-0.15, -0.1) is 0 Å². The highest BCUT2D eigenvalue weighted by atomic mass is 15.2. The predicted molar refractivity (Wildman–Crippen MR) is 90.5 cm³/mol. The maximum atomic E-state index is 3.90. The molecule has 2 atom stereocenters. The van der Waals surface area contributed by atoms with E-state index in [-0.39, 0.29) is 0 Å². The Kier molecular flexibility index (Phi) is 5.61. The second-order valence-electron chi connectivity index (χ2n) is 8.45. The Balaban J connectivity index is 1.59. The summed E-state index contributed by atoms with van der Waals surface area (Å²) in [6.07, 6.45) is 13.2. The lowest BCUT2D eigenvalue weighted by Crippen LogP contribution is -2.60. The van der Waals surface area contributed by atoms with Gasteiger partial charge in [0.15, 0.2) is 0 Å². The number of hydrogen-bond acceptors (Lipinski definition) is 2. The van der Waals surface area contributed by atoms with Gasteiger partial charge in [-0.05, 0) is 49.9 Å².